The third-order valence-corrected chi connectivity index (χ3v) is 4.29. The van der Waals surface area contributed by atoms with Crippen molar-refractivity contribution in [3.05, 3.63) is 21.9 Å². The molecule has 0 radical (unpaired) electrons. The van der Waals surface area contributed by atoms with Crippen molar-refractivity contribution in [2.75, 3.05) is 6.61 Å². The lowest BCUT2D eigenvalue weighted by Gasteiger charge is -2.10. The molecule has 0 amide bonds. The van der Waals surface area contributed by atoms with Crippen LogP contribution in [0.5, 0.6) is 0 Å². The van der Waals surface area contributed by atoms with Gasteiger partial charge in [-0.3, -0.25) is 0 Å². The van der Waals surface area contributed by atoms with E-state index in [1.807, 2.05) is 11.3 Å². The second kappa shape index (κ2) is 4.01. The van der Waals surface area contributed by atoms with Gasteiger partial charge in [-0.1, -0.05) is 13.3 Å². The Morgan fingerprint density at radius 2 is 2.29 bits per heavy atom. The largest absolute Gasteiger partial charge is 0.304 e. The summed E-state index contributed by atoms with van der Waals surface area (Å²) in [5, 5.41) is 0. The van der Waals surface area contributed by atoms with Gasteiger partial charge in [0.1, 0.15) is 0 Å². The Morgan fingerprint density at radius 1 is 1.50 bits per heavy atom. The van der Waals surface area contributed by atoms with Gasteiger partial charge >= 0.3 is 0 Å². The summed E-state index contributed by atoms with van der Waals surface area (Å²) in [6.45, 7) is 2.90. The highest BCUT2D eigenvalue weighted by Crippen LogP contribution is 2.50. The van der Waals surface area contributed by atoms with E-state index in [0.717, 1.165) is 0 Å². The molecule has 14 heavy (non-hydrogen) atoms. The van der Waals surface area contributed by atoms with Crippen LogP contribution in [-0.4, -0.2) is 6.61 Å². The molecule has 1 aliphatic carbocycles. The van der Waals surface area contributed by atoms with Crippen LogP contribution in [0, 0.1) is 0 Å². The Balaban J connectivity index is 2.08. The van der Waals surface area contributed by atoms with E-state index in [9.17, 15) is 0 Å². The molecule has 2 rings (SSSR count). The van der Waals surface area contributed by atoms with Crippen LogP contribution in [0.3, 0.4) is 0 Å². The van der Waals surface area contributed by atoms with Crippen molar-refractivity contribution in [1.29, 1.82) is 0 Å². The average molecular weight is 211 g/mol. The monoisotopic (exact) mass is 211 g/mol. The van der Waals surface area contributed by atoms with Crippen LogP contribution >= 0.6 is 11.3 Å². The molecular formula is C11H17NOS. The summed E-state index contributed by atoms with van der Waals surface area (Å²) in [5.74, 6) is 5.16. The molecule has 3 heteroatoms. The van der Waals surface area contributed by atoms with Gasteiger partial charge < -0.3 is 4.84 Å². The Kier molecular flexibility index (Phi) is 2.91. The third kappa shape index (κ3) is 1.85. The molecule has 1 saturated carbocycles. The van der Waals surface area contributed by atoms with Gasteiger partial charge in [-0.25, -0.2) is 5.90 Å². The first kappa shape index (κ1) is 10.1. The van der Waals surface area contributed by atoms with Crippen molar-refractivity contribution < 1.29 is 4.84 Å². The van der Waals surface area contributed by atoms with Crippen LogP contribution in [0.25, 0.3) is 0 Å². The molecule has 0 saturated heterocycles. The zero-order chi connectivity index (χ0) is 10.0. The van der Waals surface area contributed by atoms with E-state index in [1.165, 1.54) is 35.4 Å². The Bertz CT molecular complexity index is 304. The van der Waals surface area contributed by atoms with E-state index in [-0.39, 0.29) is 5.41 Å². The van der Waals surface area contributed by atoms with Crippen molar-refractivity contribution in [2.45, 2.75) is 38.0 Å². The summed E-state index contributed by atoms with van der Waals surface area (Å²) >= 11 is 1.93. The molecule has 2 nitrogen and oxygen atoms in total. The van der Waals surface area contributed by atoms with Crippen molar-refractivity contribution >= 4 is 11.3 Å². The molecule has 78 valence electrons. The summed E-state index contributed by atoms with van der Waals surface area (Å²) in [4.78, 5) is 7.76. The molecule has 1 aromatic rings. The predicted octanol–water partition coefficient (Wildman–Crippen LogP) is 2.62. The highest BCUT2D eigenvalue weighted by Gasteiger charge is 2.45. The SMILES string of the molecule is CCCc1ccc(C2(CON)CC2)s1. The average Bonchev–Trinajstić information content (AvgIpc) is 2.79. The van der Waals surface area contributed by atoms with Crippen molar-refractivity contribution in [3.63, 3.8) is 0 Å². The van der Waals surface area contributed by atoms with Gasteiger partial charge in [0.25, 0.3) is 0 Å². The molecule has 1 aliphatic rings. The Hall–Kier alpha value is -0.380. The summed E-state index contributed by atoms with van der Waals surface area (Å²) < 4.78 is 0. The quantitative estimate of drug-likeness (QED) is 0.760. The van der Waals surface area contributed by atoms with Crippen molar-refractivity contribution in [1.82, 2.24) is 0 Å². The molecule has 1 aromatic heterocycles. The molecule has 2 N–H and O–H groups in total. The lowest BCUT2D eigenvalue weighted by atomic mass is 10.1. The Labute approximate surface area is 89.0 Å². The van der Waals surface area contributed by atoms with Gasteiger partial charge in [0.15, 0.2) is 0 Å². The molecule has 0 aliphatic heterocycles. The van der Waals surface area contributed by atoms with E-state index in [1.54, 1.807) is 0 Å². The summed E-state index contributed by atoms with van der Waals surface area (Å²) in [6, 6.07) is 4.50. The van der Waals surface area contributed by atoms with Gasteiger partial charge in [0.05, 0.1) is 6.61 Å². The number of rotatable bonds is 5. The summed E-state index contributed by atoms with van der Waals surface area (Å²) in [6.07, 6.45) is 4.89. The summed E-state index contributed by atoms with van der Waals surface area (Å²) in [7, 11) is 0. The maximum atomic E-state index is 5.16. The topological polar surface area (TPSA) is 35.2 Å². The van der Waals surface area contributed by atoms with Crippen LogP contribution < -0.4 is 5.90 Å². The smallest absolute Gasteiger partial charge is 0.0783 e. The molecule has 1 heterocycles. The molecular weight excluding hydrogens is 194 g/mol. The van der Waals surface area contributed by atoms with E-state index in [4.69, 9.17) is 10.7 Å². The van der Waals surface area contributed by atoms with Crippen molar-refractivity contribution in [3.8, 4) is 0 Å². The highest BCUT2D eigenvalue weighted by atomic mass is 32.1. The number of aryl methyl sites for hydroxylation is 1. The highest BCUT2D eigenvalue weighted by molar-refractivity contribution is 7.12. The first-order valence-corrected chi connectivity index (χ1v) is 6.03. The van der Waals surface area contributed by atoms with E-state index in [2.05, 4.69) is 19.1 Å². The van der Waals surface area contributed by atoms with E-state index < -0.39 is 0 Å². The number of thiophene rings is 1. The fraction of sp³-hybridized carbons (Fsp3) is 0.636. The zero-order valence-electron chi connectivity index (χ0n) is 8.58. The van der Waals surface area contributed by atoms with Gasteiger partial charge in [0.2, 0.25) is 0 Å². The normalized spacial score (nSPS) is 18.4. The minimum Gasteiger partial charge on any atom is -0.304 e. The maximum Gasteiger partial charge on any atom is 0.0783 e. The lowest BCUT2D eigenvalue weighted by molar-refractivity contribution is 0.117. The first-order valence-electron chi connectivity index (χ1n) is 5.21. The maximum absolute atomic E-state index is 5.16. The van der Waals surface area contributed by atoms with Crippen LogP contribution in [0.2, 0.25) is 0 Å². The van der Waals surface area contributed by atoms with E-state index in [0.29, 0.717) is 6.61 Å². The van der Waals surface area contributed by atoms with Gasteiger partial charge in [0, 0.05) is 15.2 Å². The number of hydrogen-bond acceptors (Lipinski definition) is 3. The fourth-order valence-electron chi connectivity index (χ4n) is 1.82. The fourth-order valence-corrected chi connectivity index (χ4v) is 3.16. The van der Waals surface area contributed by atoms with Crippen LogP contribution in [0.4, 0.5) is 0 Å². The van der Waals surface area contributed by atoms with Crippen LogP contribution in [0.1, 0.15) is 35.9 Å². The molecule has 0 unspecified atom stereocenters. The lowest BCUT2D eigenvalue weighted by Crippen LogP contribution is -2.16. The van der Waals surface area contributed by atoms with Gasteiger partial charge in [-0.15, -0.1) is 11.3 Å². The molecule has 0 bridgehead atoms. The standard InChI is InChI=1S/C11H17NOS/c1-2-3-9-4-5-10(14-9)11(6-7-11)8-13-12/h4-5H,2-3,6-8,12H2,1H3. The molecule has 0 atom stereocenters. The third-order valence-electron chi connectivity index (χ3n) is 2.89. The minimum atomic E-state index is 0.283. The van der Waals surface area contributed by atoms with Gasteiger partial charge in [-0.05, 0) is 31.4 Å². The van der Waals surface area contributed by atoms with Crippen LogP contribution in [0.15, 0.2) is 12.1 Å². The molecule has 0 aromatic carbocycles. The Morgan fingerprint density at radius 3 is 2.86 bits per heavy atom. The van der Waals surface area contributed by atoms with Crippen LogP contribution in [-0.2, 0) is 16.7 Å². The molecule has 0 spiro atoms. The minimum absolute atomic E-state index is 0.283. The first-order chi connectivity index (χ1) is 6.80. The predicted molar refractivity (Wildman–Crippen MR) is 59.4 cm³/mol. The van der Waals surface area contributed by atoms with Gasteiger partial charge in [-0.2, -0.15) is 0 Å². The number of nitrogens with two attached hydrogens (primary N) is 1. The van der Waals surface area contributed by atoms with E-state index >= 15 is 0 Å². The number of hydrogen-bond donors (Lipinski definition) is 1. The van der Waals surface area contributed by atoms with Crippen molar-refractivity contribution in [2.24, 2.45) is 5.90 Å². The second-order valence-corrected chi connectivity index (χ2v) is 5.28. The summed E-state index contributed by atoms with van der Waals surface area (Å²) in [5.41, 5.74) is 0.283. The molecule has 1 fully saturated rings. The zero-order valence-corrected chi connectivity index (χ0v) is 9.40. The second-order valence-electron chi connectivity index (χ2n) is 4.11.